The van der Waals surface area contributed by atoms with Crippen LogP contribution in [0.2, 0.25) is 5.28 Å². The summed E-state index contributed by atoms with van der Waals surface area (Å²) in [5, 5.41) is 0.595. The summed E-state index contributed by atoms with van der Waals surface area (Å²) in [6, 6.07) is 0. The van der Waals surface area contributed by atoms with Crippen molar-refractivity contribution >= 4 is 11.6 Å². The van der Waals surface area contributed by atoms with Crippen LogP contribution >= 0.6 is 11.6 Å². The summed E-state index contributed by atoms with van der Waals surface area (Å²) in [6.45, 7) is 6.94. The summed E-state index contributed by atoms with van der Waals surface area (Å²) in [7, 11) is 0. The fourth-order valence-electron chi connectivity index (χ4n) is 0.981. The molecular weight excluding hydrogens is 148 g/mol. The van der Waals surface area contributed by atoms with Crippen molar-refractivity contribution in [2.75, 3.05) is 0 Å². The van der Waals surface area contributed by atoms with E-state index in [-0.39, 0.29) is 0 Å². The van der Waals surface area contributed by atoms with E-state index in [2.05, 4.69) is 11.9 Å². The molecule has 0 aliphatic heterocycles. The lowest BCUT2D eigenvalue weighted by Crippen LogP contribution is -1.96. The van der Waals surface area contributed by atoms with Crippen LogP contribution in [0.1, 0.15) is 18.3 Å². The predicted octanol–water partition coefficient (Wildman–Crippen LogP) is 2.17. The molecule has 1 rings (SSSR count). The molecule has 1 aromatic rings. The normalized spacial score (nSPS) is 10.4. The summed E-state index contributed by atoms with van der Waals surface area (Å²) >= 11 is 5.80. The maximum absolute atomic E-state index is 5.80. The molecule has 1 aromatic heterocycles. The van der Waals surface area contributed by atoms with Crippen LogP contribution in [-0.2, 0) is 6.54 Å². The van der Waals surface area contributed by atoms with Crippen molar-refractivity contribution in [3.05, 3.63) is 16.7 Å². The number of aromatic nitrogens is 2. The van der Waals surface area contributed by atoms with Gasteiger partial charge in [-0.05, 0) is 32.4 Å². The lowest BCUT2D eigenvalue weighted by atomic mass is 10.4. The van der Waals surface area contributed by atoms with E-state index in [1.54, 1.807) is 0 Å². The zero-order valence-corrected chi connectivity index (χ0v) is 7.24. The Morgan fingerprint density at radius 3 is 2.30 bits per heavy atom. The average molecular weight is 159 g/mol. The Morgan fingerprint density at radius 1 is 1.50 bits per heavy atom. The molecular formula is C7H11ClN2. The Labute approximate surface area is 65.8 Å². The second-order valence-corrected chi connectivity index (χ2v) is 2.63. The highest BCUT2D eigenvalue weighted by atomic mass is 35.5. The standard InChI is InChI=1S/C7H11ClN2/c1-4-10-6(3)5(2)9-7(10)8/h4H2,1-3H3. The third kappa shape index (κ3) is 1.03. The molecule has 0 spiro atoms. The summed E-state index contributed by atoms with van der Waals surface area (Å²) in [4.78, 5) is 4.11. The molecule has 0 saturated carbocycles. The van der Waals surface area contributed by atoms with E-state index in [1.165, 1.54) is 0 Å². The number of nitrogens with zero attached hydrogens (tertiary/aromatic N) is 2. The fraction of sp³-hybridized carbons (Fsp3) is 0.571. The molecule has 0 aliphatic rings. The van der Waals surface area contributed by atoms with Crippen LogP contribution in [0, 0.1) is 13.8 Å². The van der Waals surface area contributed by atoms with E-state index in [9.17, 15) is 0 Å². The van der Waals surface area contributed by atoms with Gasteiger partial charge in [0.2, 0.25) is 5.28 Å². The average Bonchev–Trinajstić information content (AvgIpc) is 2.09. The number of halogens is 1. The molecule has 0 fully saturated rings. The van der Waals surface area contributed by atoms with E-state index in [4.69, 9.17) is 11.6 Å². The number of hydrogen-bond donors (Lipinski definition) is 0. The van der Waals surface area contributed by atoms with E-state index in [1.807, 2.05) is 18.4 Å². The molecule has 0 bridgehead atoms. The van der Waals surface area contributed by atoms with Crippen LogP contribution in [0.25, 0.3) is 0 Å². The van der Waals surface area contributed by atoms with Gasteiger partial charge in [-0.1, -0.05) is 0 Å². The minimum Gasteiger partial charge on any atom is -0.319 e. The summed E-state index contributed by atoms with van der Waals surface area (Å²) < 4.78 is 1.98. The molecule has 0 saturated heterocycles. The van der Waals surface area contributed by atoms with E-state index in [0.29, 0.717) is 5.28 Å². The van der Waals surface area contributed by atoms with Crippen LogP contribution in [0.3, 0.4) is 0 Å². The summed E-state index contributed by atoms with van der Waals surface area (Å²) in [5.74, 6) is 0. The molecule has 0 aromatic carbocycles. The van der Waals surface area contributed by atoms with Gasteiger partial charge in [0.05, 0.1) is 5.69 Å². The Kier molecular flexibility index (Phi) is 2.00. The summed E-state index contributed by atoms with van der Waals surface area (Å²) in [5.41, 5.74) is 2.18. The predicted molar refractivity (Wildman–Crippen MR) is 42.4 cm³/mol. The van der Waals surface area contributed by atoms with Crippen molar-refractivity contribution in [1.29, 1.82) is 0 Å². The third-order valence-electron chi connectivity index (χ3n) is 1.73. The Hall–Kier alpha value is -0.500. The second-order valence-electron chi connectivity index (χ2n) is 2.30. The largest absolute Gasteiger partial charge is 0.319 e. The number of aryl methyl sites for hydroxylation is 1. The molecule has 0 amide bonds. The first-order valence-corrected chi connectivity index (χ1v) is 3.73. The Bertz CT molecular complexity index is 240. The fourth-order valence-corrected chi connectivity index (χ4v) is 1.35. The van der Waals surface area contributed by atoms with Gasteiger partial charge in [0.15, 0.2) is 0 Å². The van der Waals surface area contributed by atoms with Gasteiger partial charge in [0, 0.05) is 12.2 Å². The molecule has 0 N–H and O–H groups in total. The monoisotopic (exact) mass is 158 g/mol. The van der Waals surface area contributed by atoms with Crippen molar-refractivity contribution in [2.45, 2.75) is 27.3 Å². The van der Waals surface area contributed by atoms with Crippen LogP contribution in [0.15, 0.2) is 0 Å². The highest BCUT2D eigenvalue weighted by Crippen LogP contribution is 2.13. The quantitative estimate of drug-likeness (QED) is 0.613. The van der Waals surface area contributed by atoms with E-state index >= 15 is 0 Å². The zero-order chi connectivity index (χ0) is 7.72. The van der Waals surface area contributed by atoms with Crippen molar-refractivity contribution in [2.24, 2.45) is 0 Å². The van der Waals surface area contributed by atoms with Crippen molar-refractivity contribution in [3.8, 4) is 0 Å². The van der Waals surface area contributed by atoms with Gasteiger partial charge in [0.1, 0.15) is 0 Å². The highest BCUT2D eigenvalue weighted by Gasteiger charge is 2.05. The Morgan fingerprint density at radius 2 is 2.10 bits per heavy atom. The van der Waals surface area contributed by atoms with Gasteiger partial charge in [-0.3, -0.25) is 0 Å². The highest BCUT2D eigenvalue weighted by molar-refractivity contribution is 6.28. The van der Waals surface area contributed by atoms with Gasteiger partial charge in [-0.25, -0.2) is 4.98 Å². The lowest BCUT2D eigenvalue weighted by molar-refractivity contribution is 0.737. The molecule has 2 nitrogen and oxygen atoms in total. The first-order valence-electron chi connectivity index (χ1n) is 3.36. The molecule has 0 unspecified atom stereocenters. The molecule has 0 radical (unpaired) electrons. The number of imidazole rings is 1. The third-order valence-corrected chi connectivity index (χ3v) is 2.02. The topological polar surface area (TPSA) is 17.8 Å². The van der Waals surface area contributed by atoms with Gasteiger partial charge >= 0.3 is 0 Å². The van der Waals surface area contributed by atoms with Gasteiger partial charge in [-0.2, -0.15) is 0 Å². The molecule has 0 atom stereocenters. The Balaban J connectivity index is 3.20. The minimum absolute atomic E-state index is 0.595. The first-order chi connectivity index (χ1) is 4.66. The maximum atomic E-state index is 5.80. The smallest absolute Gasteiger partial charge is 0.203 e. The SMILES string of the molecule is CCn1c(Cl)nc(C)c1C. The summed E-state index contributed by atoms with van der Waals surface area (Å²) in [6.07, 6.45) is 0. The van der Waals surface area contributed by atoms with E-state index in [0.717, 1.165) is 17.9 Å². The molecule has 56 valence electrons. The number of rotatable bonds is 1. The molecule has 3 heteroatoms. The van der Waals surface area contributed by atoms with Crippen LogP contribution in [0.5, 0.6) is 0 Å². The molecule has 10 heavy (non-hydrogen) atoms. The van der Waals surface area contributed by atoms with Crippen LogP contribution in [0.4, 0.5) is 0 Å². The van der Waals surface area contributed by atoms with Gasteiger partial charge in [0.25, 0.3) is 0 Å². The van der Waals surface area contributed by atoms with Crippen LogP contribution < -0.4 is 0 Å². The number of hydrogen-bond acceptors (Lipinski definition) is 1. The van der Waals surface area contributed by atoms with Crippen LogP contribution in [-0.4, -0.2) is 9.55 Å². The molecule has 0 aliphatic carbocycles. The zero-order valence-electron chi connectivity index (χ0n) is 6.48. The van der Waals surface area contributed by atoms with Gasteiger partial charge < -0.3 is 4.57 Å². The minimum atomic E-state index is 0.595. The maximum Gasteiger partial charge on any atom is 0.203 e. The van der Waals surface area contributed by atoms with Gasteiger partial charge in [-0.15, -0.1) is 0 Å². The van der Waals surface area contributed by atoms with Crippen molar-refractivity contribution < 1.29 is 0 Å². The lowest BCUT2D eigenvalue weighted by Gasteiger charge is -1.99. The first kappa shape index (κ1) is 7.61. The second kappa shape index (κ2) is 2.62. The molecule has 1 heterocycles. The van der Waals surface area contributed by atoms with Crippen molar-refractivity contribution in [1.82, 2.24) is 9.55 Å². The van der Waals surface area contributed by atoms with Crippen molar-refractivity contribution in [3.63, 3.8) is 0 Å². The van der Waals surface area contributed by atoms with E-state index < -0.39 is 0 Å².